The Morgan fingerprint density at radius 3 is 2.72 bits per heavy atom. The summed E-state index contributed by atoms with van der Waals surface area (Å²) in [5.41, 5.74) is 10.0. The van der Waals surface area contributed by atoms with Crippen molar-refractivity contribution in [1.29, 1.82) is 0 Å². The Morgan fingerprint density at radius 1 is 1.33 bits per heavy atom. The van der Waals surface area contributed by atoms with Gasteiger partial charge in [0.05, 0.1) is 0 Å². The molecule has 2 heteroatoms. The van der Waals surface area contributed by atoms with Gasteiger partial charge in [-0.05, 0) is 52.3 Å². The number of hydrogen-bond donors (Lipinski definition) is 1. The van der Waals surface area contributed by atoms with Gasteiger partial charge in [-0.25, -0.2) is 0 Å². The maximum Gasteiger partial charge on any atom is 0.131 e. The molecule has 0 atom stereocenters. The zero-order valence-corrected chi connectivity index (χ0v) is 11.6. The van der Waals surface area contributed by atoms with Crippen LogP contribution in [0.3, 0.4) is 0 Å². The second-order valence-corrected chi connectivity index (χ2v) is 5.62. The highest BCUT2D eigenvalue weighted by atomic mass is 16.5. The lowest BCUT2D eigenvalue weighted by atomic mass is 9.97. The standard InChI is InChI=1S/C16H21NO/c1-11(2)5-6-12-9-14(17)10-13-7-8-16(3,4)18-15(12)13/h5,7-10H,6,17H2,1-4H3. The van der Waals surface area contributed by atoms with Crippen LogP contribution in [-0.4, -0.2) is 5.60 Å². The number of rotatable bonds is 2. The van der Waals surface area contributed by atoms with Crippen molar-refractivity contribution in [3.05, 3.63) is 41.0 Å². The van der Waals surface area contributed by atoms with Gasteiger partial charge in [0.1, 0.15) is 11.4 Å². The molecule has 1 heterocycles. The van der Waals surface area contributed by atoms with Crippen LogP contribution in [0.15, 0.2) is 29.9 Å². The van der Waals surface area contributed by atoms with Crippen molar-refractivity contribution in [3.63, 3.8) is 0 Å². The quantitative estimate of drug-likeness (QED) is 0.630. The molecular formula is C16H21NO. The summed E-state index contributed by atoms with van der Waals surface area (Å²) in [6.07, 6.45) is 7.23. The second kappa shape index (κ2) is 4.52. The van der Waals surface area contributed by atoms with Gasteiger partial charge >= 0.3 is 0 Å². The van der Waals surface area contributed by atoms with E-state index >= 15 is 0 Å². The van der Waals surface area contributed by atoms with Crippen LogP contribution in [0.2, 0.25) is 0 Å². The van der Waals surface area contributed by atoms with Gasteiger partial charge in [0.25, 0.3) is 0 Å². The maximum atomic E-state index is 6.07. The van der Waals surface area contributed by atoms with Crippen LogP contribution >= 0.6 is 0 Å². The molecule has 18 heavy (non-hydrogen) atoms. The number of benzene rings is 1. The zero-order valence-electron chi connectivity index (χ0n) is 11.6. The number of hydrogen-bond acceptors (Lipinski definition) is 2. The summed E-state index contributed by atoms with van der Waals surface area (Å²) < 4.78 is 6.07. The van der Waals surface area contributed by atoms with E-state index in [0.717, 1.165) is 29.0 Å². The predicted molar refractivity (Wildman–Crippen MR) is 77.7 cm³/mol. The zero-order chi connectivity index (χ0) is 13.3. The molecule has 0 bridgehead atoms. The van der Waals surface area contributed by atoms with Crippen molar-refractivity contribution in [2.75, 3.05) is 5.73 Å². The van der Waals surface area contributed by atoms with Crippen LogP contribution in [0.25, 0.3) is 6.08 Å². The molecule has 1 aromatic carbocycles. The Labute approximate surface area is 109 Å². The summed E-state index contributed by atoms with van der Waals surface area (Å²) in [5, 5.41) is 0. The van der Waals surface area contributed by atoms with Crippen molar-refractivity contribution < 1.29 is 4.74 Å². The van der Waals surface area contributed by atoms with E-state index in [9.17, 15) is 0 Å². The number of allylic oxidation sites excluding steroid dienone is 2. The van der Waals surface area contributed by atoms with E-state index in [4.69, 9.17) is 10.5 Å². The summed E-state index contributed by atoms with van der Waals surface area (Å²) in [5.74, 6) is 0.967. The highest BCUT2D eigenvalue weighted by Crippen LogP contribution is 2.36. The fourth-order valence-electron chi connectivity index (χ4n) is 2.04. The van der Waals surface area contributed by atoms with Gasteiger partial charge < -0.3 is 10.5 Å². The normalized spacial score (nSPS) is 15.8. The Bertz CT molecular complexity index is 520. The first-order valence-corrected chi connectivity index (χ1v) is 6.31. The highest BCUT2D eigenvalue weighted by molar-refractivity contribution is 5.68. The molecule has 0 radical (unpaired) electrons. The molecule has 1 aliphatic heterocycles. The Hall–Kier alpha value is -1.70. The molecule has 0 aliphatic carbocycles. The maximum absolute atomic E-state index is 6.07. The SMILES string of the molecule is CC(C)=CCc1cc(N)cc2c1OC(C)(C)C=C2. The first-order chi connectivity index (χ1) is 8.37. The largest absolute Gasteiger partial charge is 0.483 e. The molecule has 96 valence electrons. The van der Waals surface area contributed by atoms with Gasteiger partial charge in [-0.2, -0.15) is 0 Å². The first kappa shape index (κ1) is 12.7. The molecule has 1 aliphatic rings. The van der Waals surface area contributed by atoms with Crippen LogP contribution in [0.1, 0.15) is 38.8 Å². The van der Waals surface area contributed by atoms with Gasteiger partial charge in [-0.3, -0.25) is 0 Å². The van der Waals surface area contributed by atoms with Gasteiger partial charge in [0.2, 0.25) is 0 Å². The molecule has 0 amide bonds. The number of nitrogens with two attached hydrogens (primary N) is 1. The van der Waals surface area contributed by atoms with Crippen LogP contribution < -0.4 is 10.5 Å². The van der Waals surface area contributed by atoms with E-state index in [1.165, 1.54) is 5.57 Å². The molecular weight excluding hydrogens is 222 g/mol. The van der Waals surface area contributed by atoms with Crippen molar-refractivity contribution in [2.24, 2.45) is 0 Å². The molecule has 2 rings (SSSR count). The molecule has 0 saturated heterocycles. The summed E-state index contributed by atoms with van der Waals surface area (Å²) in [7, 11) is 0. The minimum atomic E-state index is -0.247. The third kappa shape index (κ3) is 2.76. The van der Waals surface area contributed by atoms with Crippen molar-refractivity contribution in [1.82, 2.24) is 0 Å². The van der Waals surface area contributed by atoms with Crippen molar-refractivity contribution in [3.8, 4) is 5.75 Å². The Balaban J connectivity index is 2.45. The average molecular weight is 243 g/mol. The van der Waals surface area contributed by atoms with Crippen molar-refractivity contribution in [2.45, 2.75) is 39.7 Å². The van der Waals surface area contributed by atoms with Crippen molar-refractivity contribution >= 4 is 11.8 Å². The average Bonchev–Trinajstić information content (AvgIpc) is 2.26. The van der Waals surface area contributed by atoms with E-state index < -0.39 is 0 Å². The molecule has 0 unspecified atom stereocenters. The smallest absolute Gasteiger partial charge is 0.131 e. The monoisotopic (exact) mass is 243 g/mol. The van der Waals surface area contributed by atoms with E-state index in [1.807, 2.05) is 12.1 Å². The Kier molecular flexibility index (Phi) is 3.20. The summed E-state index contributed by atoms with van der Waals surface area (Å²) >= 11 is 0. The lowest BCUT2D eigenvalue weighted by molar-refractivity contribution is 0.157. The fourth-order valence-corrected chi connectivity index (χ4v) is 2.04. The molecule has 0 aromatic heterocycles. The van der Waals surface area contributed by atoms with Crippen LogP contribution in [0.5, 0.6) is 5.75 Å². The third-order valence-electron chi connectivity index (χ3n) is 2.98. The predicted octanol–water partition coefficient (Wildman–Crippen LogP) is 3.96. The van der Waals surface area contributed by atoms with Gasteiger partial charge in [-0.15, -0.1) is 0 Å². The molecule has 1 aromatic rings. The third-order valence-corrected chi connectivity index (χ3v) is 2.98. The second-order valence-electron chi connectivity index (χ2n) is 5.62. The molecule has 0 spiro atoms. The van der Waals surface area contributed by atoms with Crippen LogP contribution in [0.4, 0.5) is 5.69 Å². The molecule has 2 N–H and O–H groups in total. The minimum absolute atomic E-state index is 0.247. The summed E-state index contributed by atoms with van der Waals surface area (Å²) in [4.78, 5) is 0. The number of anilines is 1. The summed E-state index contributed by atoms with van der Waals surface area (Å²) in [6, 6.07) is 3.97. The van der Waals surface area contributed by atoms with E-state index in [-0.39, 0.29) is 5.60 Å². The fraction of sp³-hybridized carbons (Fsp3) is 0.375. The number of nitrogen functional groups attached to an aromatic ring is 1. The first-order valence-electron chi connectivity index (χ1n) is 6.31. The van der Waals surface area contributed by atoms with Crippen LogP contribution in [-0.2, 0) is 6.42 Å². The van der Waals surface area contributed by atoms with Gasteiger partial charge in [0, 0.05) is 16.8 Å². The number of fused-ring (bicyclic) bond motifs is 1. The Morgan fingerprint density at radius 2 is 2.06 bits per heavy atom. The molecule has 0 saturated carbocycles. The van der Waals surface area contributed by atoms with E-state index in [2.05, 4.69) is 45.9 Å². The number of ether oxygens (including phenoxy) is 1. The lowest BCUT2D eigenvalue weighted by Gasteiger charge is -2.29. The minimum Gasteiger partial charge on any atom is -0.483 e. The lowest BCUT2D eigenvalue weighted by Crippen LogP contribution is -2.28. The topological polar surface area (TPSA) is 35.2 Å². The highest BCUT2D eigenvalue weighted by Gasteiger charge is 2.23. The van der Waals surface area contributed by atoms with Gasteiger partial charge in [0.15, 0.2) is 0 Å². The van der Waals surface area contributed by atoms with E-state index in [1.54, 1.807) is 0 Å². The molecule has 2 nitrogen and oxygen atoms in total. The van der Waals surface area contributed by atoms with Crippen LogP contribution in [0, 0.1) is 0 Å². The summed E-state index contributed by atoms with van der Waals surface area (Å²) in [6.45, 7) is 8.33. The van der Waals surface area contributed by atoms with E-state index in [0.29, 0.717) is 0 Å². The van der Waals surface area contributed by atoms with Gasteiger partial charge in [-0.1, -0.05) is 17.7 Å². The molecule has 0 fully saturated rings.